The fourth-order valence-electron chi connectivity index (χ4n) is 5.34. The average Bonchev–Trinajstić information content (AvgIpc) is 3.45. The van der Waals surface area contributed by atoms with Crippen LogP contribution in [0.4, 0.5) is 0 Å². The Morgan fingerprint density at radius 3 is 2.53 bits per heavy atom. The predicted octanol–water partition coefficient (Wildman–Crippen LogP) is 3.83. The van der Waals surface area contributed by atoms with Crippen LogP contribution in [0, 0.1) is 18.8 Å². The summed E-state index contributed by atoms with van der Waals surface area (Å²) in [6.07, 6.45) is 3.76. The summed E-state index contributed by atoms with van der Waals surface area (Å²) in [7, 11) is 0. The normalized spacial score (nSPS) is 23.7. The topological polar surface area (TPSA) is 41.4 Å². The van der Waals surface area contributed by atoms with E-state index in [9.17, 15) is 4.79 Å². The first-order chi connectivity index (χ1) is 14.6. The molecule has 2 saturated heterocycles. The van der Waals surface area contributed by atoms with E-state index in [1.54, 1.807) is 13.1 Å². The fraction of sp³-hybridized carbons (Fsp3) is 0.360. The van der Waals surface area contributed by atoms with Crippen LogP contribution in [0.1, 0.15) is 29.7 Å². The zero-order valence-corrected chi connectivity index (χ0v) is 17.6. The van der Waals surface area contributed by atoms with Crippen molar-refractivity contribution in [3.05, 3.63) is 83.7 Å². The Morgan fingerprint density at radius 1 is 1.03 bits per heavy atom. The van der Waals surface area contributed by atoms with Crippen molar-refractivity contribution in [2.24, 2.45) is 11.8 Å². The Morgan fingerprint density at radius 2 is 1.83 bits per heavy atom. The molecule has 2 aliphatic rings. The Labute approximate surface area is 177 Å². The van der Waals surface area contributed by atoms with Gasteiger partial charge in [0.1, 0.15) is 0 Å². The van der Waals surface area contributed by atoms with Gasteiger partial charge in [-0.1, -0.05) is 36.4 Å². The highest BCUT2D eigenvalue weighted by Gasteiger charge is 2.48. The van der Waals surface area contributed by atoms with Crippen LogP contribution in [0.15, 0.2) is 67.0 Å². The minimum absolute atomic E-state index is 0.193. The third kappa shape index (κ3) is 3.43. The van der Waals surface area contributed by atoms with Crippen LogP contribution in [-0.2, 0) is 11.3 Å². The summed E-state index contributed by atoms with van der Waals surface area (Å²) in [6.45, 7) is 7.78. The lowest BCUT2D eigenvalue weighted by atomic mass is 9.87. The highest BCUT2D eigenvalue weighted by Crippen LogP contribution is 2.46. The van der Waals surface area contributed by atoms with Crippen molar-refractivity contribution in [3.63, 3.8) is 0 Å². The van der Waals surface area contributed by atoms with E-state index >= 15 is 0 Å². The lowest BCUT2D eigenvalue weighted by Gasteiger charge is -2.30. The van der Waals surface area contributed by atoms with E-state index in [1.807, 2.05) is 16.9 Å². The van der Waals surface area contributed by atoms with Gasteiger partial charge in [0.2, 0.25) is 5.91 Å². The molecule has 0 spiro atoms. The van der Waals surface area contributed by atoms with E-state index in [0.29, 0.717) is 11.8 Å². The van der Waals surface area contributed by atoms with E-state index in [4.69, 9.17) is 0 Å². The van der Waals surface area contributed by atoms with Crippen molar-refractivity contribution in [2.75, 3.05) is 19.6 Å². The average molecular weight is 401 g/mol. The molecule has 1 amide bonds. The molecule has 0 unspecified atom stereocenters. The molecule has 5 heteroatoms. The van der Waals surface area contributed by atoms with Gasteiger partial charge in [0.05, 0.1) is 11.7 Å². The van der Waals surface area contributed by atoms with Gasteiger partial charge in [0.15, 0.2) is 0 Å². The molecule has 0 radical (unpaired) electrons. The van der Waals surface area contributed by atoms with Crippen LogP contribution in [0.25, 0.3) is 5.69 Å². The molecule has 0 aliphatic carbocycles. The van der Waals surface area contributed by atoms with Crippen LogP contribution in [0.2, 0.25) is 0 Å². The van der Waals surface area contributed by atoms with Gasteiger partial charge in [-0.2, -0.15) is 5.10 Å². The van der Waals surface area contributed by atoms with Crippen molar-refractivity contribution in [1.29, 1.82) is 0 Å². The van der Waals surface area contributed by atoms with Crippen LogP contribution < -0.4 is 0 Å². The molecule has 5 rings (SSSR count). The largest absolute Gasteiger partial charge is 0.335 e. The third-order valence-electron chi connectivity index (χ3n) is 6.76. The molecular formula is C25H28N4O. The molecular weight excluding hydrogens is 372 g/mol. The van der Waals surface area contributed by atoms with Gasteiger partial charge < -0.3 is 4.90 Å². The summed E-state index contributed by atoms with van der Waals surface area (Å²) in [5.74, 6) is 1.23. The molecule has 154 valence electrons. The fourth-order valence-corrected chi connectivity index (χ4v) is 5.34. The van der Waals surface area contributed by atoms with Gasteiger partial charge in [-0.05, 0) is 47.7 Å². The predicted molar refractivity (Wildman–Crippen MR) is 117 cm³/mol. The number of fused-ring (bicyclic) bond motifs is 1. The van der Waals surface area contributed by atoms with Crippen molar-refractivity contribution in [1.82, 2.24) is 19.6 Å². The quantitative estimate of drug-likeness (QED) is 0.668. The van der Waals surface area contributed by atoms with Crippen LogP contribution in [-0.4, -0.2) is 45.1 Å². The molecule has 30 heavy (non-hydrogen) atoms. The van der Waals surface area contributed by atoms with Gasteiger partial charge in [0.25, 0.3) is 0 Å². The molecule has 5 nitrogen and oxygen atoms in total. The maximum Gasteiger partial charge on any atom is 0.219 e. The Kier molecular flexibility index (Phi) is 4.91. The molecule has 2 fully saturated rings. The Hall–Kier alpha value is -2.92. The number of benzene rings is 2. The third-order valence-corrected chi connectivity index (χ3v) is 6.76. The number of rotatable bonds is 4. The first kappa shape index (κ1) is 19.1. The zero-order chi connectivity index (χ0) is 20.7. The summed E-state index contributed by atoms with van der Waals surface area (Å²) in [5, 5.41) is 4.30. The monoisotopic (exact) mass is 400 g/mol. The first-order valence-corrected chi connectivity index (χ1v) is 10.7. The van der Waals surface area contributed by atoms with Crippen molar-refractivity contribution >= 4 is 5.91 Å². The number of aryl methyl sites for hydroxylation is 1. The summed E-state index contributed by atoms with van der Waals surface area (Å²) in [6, 6.07) is 19.3. The number of likely N-dealkylation sites (tertiary alicyclic amines) is 2. The van der Waals surface area contributed by atoms with Gasteiger partial charge in [-0.15, -0.1) is 0 Å². The molecule has 2 aliphatic heterocycles. The molecule has 3 aromatic rings. The summed E-state index contributed by atoms with van der Waals surface area (Å²) < 4.78 is 1.88. The maximum atomic E-state index is 12.4. The SMILES string of the molecule is CC(=O)N1C[C@H]2CN(Cc3ccc(-n4cccn4)cc3)C[C@H]2[C@H]1c1ccccc1C. The number of carbonyl (C=O) groups excluding carboxylic acids is 1. The smallest absolute Gasteiger partial charge is 0.219 e. The standard InChI is InChI=1S/C25H28N4O/c1-18-6-3-4-7-23(18)25-24-17-27(15-21(24)16-28(25)19(2)30)14-20-8-10-22(11-9-20)29-13-5-12-26-29/h3-13,21,24-25H,14-17H2,1-2H3/t21-,24-,25-/m1/s1. The molecule has 3 atom stereocenters. The first-order valence-electron chi connectivity index (χ1n) is 10.7. The molecule has 0 N–H and O–H groups in total. The lowest BCUT2D eigenvalue weighted by molar-refractivity contribution is -0.130. The molecule has 1 aromatic heterocycles. The van der Waals surface area contributed by atoms with E-state index in [2.05, 4.69) is 70.4 Å². The van der Waals surface area contributed by atoms with Crippen LogP contribution in [0.3, 0.4) is 0 Å². The number of nitrogens with zero attached hydrogens (tertiary/aromatic N) is 4. The summed E-state index contributed by atoms with van der Waals surface area (Å²) >= 11 is 0. The van der Waals surface area contributed by atoms with Gasteiger partial charge >= 0.3 is 0 Å². The highest BCUT2D eigenvalue weighted by molar-refractivity contribution is 5.74. The second-order valence-corrected chi connectivity index (χ2v) is 8.71. The van der Waals surface area contributed by atoms with E-state index in [0.717, 1.165) is 31.9 Å². The number of carbonyl (C=O) groups is 1. The summed E-state index contributed by atoms with van der Waals surface area (Å²) in [4.78, 5) is 17.0. The second-order valence-electron chi connectivity index (χ2n) is 8.71. The van der Waals surface area contributed by atoms with E-state index in [-0.39, 0.29) is 11.9 Å². The van der Waals surface area contributed by atoms with Crippen molar-refractivity contribution < 1.29 is 4.79 Å². The van der Waals surface area contributed by atoms with E-state index < -0.39 is 0 Å². The van der Waals surface area contributed by atoms with Gasteiger partial charge in [-0.3, -0.25) is 9.69 Å². The van der Waals surface area contributed by atoms with E-state index in [1.165, 1.54) is 16.7 Å². The number of hydrogen-bond acceptors (Lipinski definition) is 3. The number of hydrogen-bond donors (Lipinski definition) is 0. The lowest BCUT2D eigenvalue weighted by Crippen LogP contribution is -2.34. The minimum atomic E-state index is 0.193. The van der Waals surface area contributed by atoms with Gasteiger partial charge in [-0.25, -0.2) is 4.68 Å². The second kappa shape index (κ2) is 7.73. The molecule has 0 saturated carbocycles. The zero-order valence-electron chi connectivity index (χ0n) is 17.6. The summed E-state index contributed by atoms with van der Waals surface area (Å²) in [5.41, 5.74) is 4.99. The Balaban J connectivity index is 1.32. The maximum absolute atomic E-state index is 12.4. The number of amides is 1. The Bertz CT molecular complexity index is 1030. The molecule has 2 aromatic carbocycles. The van der Waals surface area contributed by atoms with Crippen molar-refractivity contribution in [2.45, 2.75) is 26.4 Å². The highest BCUT2D eigenvalue weighted by atomic mass is 16.2. The number of aromatic nitrogens is 2. The molecule has 0 bridgehead atoms. The molecule has 3 heterocycles. The minimum Gasteiger partial charge on any atom is -0.335 e. The van der Waals surface area contributed by atoms with Crippen molar-refractivity contribution in [3.8, 4) is 5.69 Å². The van der Waals surface area contributed by atoms with Crippen LogP contribution in [0.5, 0.6) is 0 Å². The van der Waals surface area contributed by atoms with Gasteiger partial charge in [0, 0.05) is 51.4 Å². The van der Waals surface area contributed by atoms with Crippen LogP contribution >= 0.6 is 0 Å².